The van der Waals surface area contributed by atoms with Gasteiger partial charge in [0.2, 0.25) is 17.7 Å². The molecule has 1 aliphatic rings. The second kappa shape index (κ2) is 10.2. The van der Waals surface area contributed by atoms with E-state index in [4.69, 9.17) is 4.42 Å². The van der Waals surface area contributed by atoms with Crippen LogP contribution in [-0.2, 0) is 22.6 Å². The largest absolute Gasteiger partial charge is 0.416 e. The molecule has 0 aliphatic carbocycles. The Labute approximate surface area is 182 Å². The average Bonchev–Trinajstić information content (AvgIpc) is 3.20. The molecule has 1 aromatic carbocycles. The van der Waals surface area contributed by atoms with Crippen molar-refractivity contribution in [2.24, 2.45) is 5.92 Å². The number of rotatable bonds is 9. The molecule has 1 saturated heterocycles. The van der Waals surface area contributed by atoms with Gasteiger partial charge in [0, 0.05) is 25.6 Å². The Hall–Kier alpha value is -3.21. The molecule has 0 saturated carbocycles. The summed E-state index contributed by atoms with van der Waals surface area (Å²) in [4.78, 5) is 37.7. The smallest absolute Gasteiger partial charge is 0.324 e. The zero-order valence-electron chi connectivity index (χ0n) is 16.8. The monoisotopic (exact) mass is 447 g/mol. The third kappa shape index (κ3) is 5.91. The summed E-state index contributed by atoms with van der Waals surface area (Å²) in [6.45, 7) is 5.70. The van der Waals surface area contributed by atoms with Crippen LogP contribution in [0.25, 0.3) is 0 Å². The highest BCUT2D eigenvalue weighted by Crippen LogP contribution is 2.22. The van der Waals surface area contributed by atoms with Crippen molar-refractivity contribution in [3.63, 3.8) is 0 Å². The number of nitrogens with zero attached hydrogens (tertiary/aromatic N) is 3. The van der Waals surface area contributed by atoms with Gasteiger partial charge in [-0.05, 0) is 24.6 Å². The zero-order valence-corrected chi connectivity index (χ0v) is 17.7. The summed E-state index contributed by atoms with van der Waals surface area (Å²) in [5, 5.41) is 13.5. The van der Waals surface area contributed by atoms with Gasteiger partial charge in [-0.3, -0.25) is 14.5 Å². The van der Waals surface area contributed by atoms with Crippen molar-refractivity contribution in [2.75, 3.05) is 12.3 Å². The Morgan fingerprint density at radius 1 is 1.35 bits per heavy atom. The molecule has 0 radical (unpaired) electrons. The van der Waals surface area contributed by atoms with E-state index >= 15 is 0 Å². The molecule has 9 nitrogen and oxygen atoms in total. The highest BCUT2D eigenvalue weighted by Gasteiger charge is 2.39. The van der Waals surface area contributed by atoms with Gasteiger partial charge < -0.3 is 15.1 Å². The van der Waals surface area contributed by atoms with Gasteiger partial charge in [-0.1, -0.05) is 30.0 Å². The van der Waals surface area contributed by atoms with Crippen LogP contribution in [-0.4, -0.2) is 51.3 Å². The van der Waals surface area contributed by atoms with Crippen molar-refractivity contribution in [3.8, 4) is 0 Å². The minimum atomic E-state index is -0.546. The minimum Gasteiger partial charge on any atom is -0.416 e. The first-order chi connectivity index (χ1) is 14.9. The van der Waals surface area contributed by atoms with Gasteiger partial charge in [-0.25, -0.2) is 9.18 Å². The van der Waals surface area contributed by atoms with Gasteiger partial charge in [-0.2, -0.15) is 0 Å². The molecule has 2 atom stereocenters. The highest BCUT2D eigenvalue weighted by molar-refractivity contribution is 7.99. The zero-order chi connectivity index (χ0) is 22.4. The number of hydrogen-bond acceptors (Lipinski definition) is 7. The first kappa shape index (κ1) is 22.5. The fourth-order valence-electron chi connectivity index (χ4n) is 3.00. The molecule has 1 aliphatic heterocycles. The molecule has 2 aromatic rings. The summed E-state index contributed by atoms with van der Waals surface area (Å²) >= 11 is 1.07. The van der Waals surface area contributed by atoms with Crippen LogP contribution in [0, 0.1) is 11.7 Å². The minimum absolute atomic E-state index is 0.0603. The SMILES string of the molecule is C=CCN1C(=O)NC(C)C(Cc2nnc(SCC(=O)NCc3ccc(F)cc3)o2)C1=O. The predicted octanol–water partition coefficient (Wildman–Crippen LogP) is 1.90. The summed E-state index contributed by atoms with van der Waals surface area (Å²) in [7, 11) is 0. The summed E-state index contributed by atoms with van der Waals surface area (Å²) in [6.07, 6.45) is 1.64. The number of benzene rings is 1. The Balaban J connectivity index is 1.50. The van der Waals surface area contributed by atoms with E-state index < -0.39 is 11.9 Å². The topological polar surface area (TPSA) is 117 Å². The van der Waals surface area contributed by atoms with Gasteiger partial charge in [0.15, 0.2) is 0 Å². The lowest BCUT2D eigenvalue weighted by Crippen LogP contribution is -2.59. The number of halogens is 1. The number of aromatic nitrogens is 2. The molecule has 3 rings (SSSR count). The predicted molar refractivity (Wildman–Crippen MR) is 110 cm³/mol. The third-order valence-corrected chi connectivity index (χ3v) is 5.49. The molecule has 31 heavy (non-hydrogen) atoms. The second-order valence-corrected chi connectivity index (χ2v) is 7.87. The molecule has 164 valence electrons. The fraction of sp³-hybridized carbons (Fsp3) is 0.350. The lowest BCUT2D eigenvalue weighted by atomic mass is 9.93. The number of imide groups is 1. The first-order valence-corrected chi connectivity index (χ1v) is 10.5. The van der Waals surface area contributed by atoms with Crippen LogP contribution in [0.2, 0.25) is 0 Å². The van der Waals surface area contributed by atoms with Gasteiger partial charge in [-0.15, -0.1) is 16.8 Å². The lowest BCUT2D eigenvalue weighted by molar-refractivity contribution is -0.134. The van der Waals surface area contributed by atoms with E-state index in [0.29, 0.717) is 0 Å². The van der Waals surface area contributed by atoms with E-state index in [1.807, 2.05) is 0 Å². The summed E-state index contributed by atoms with van der Waals surface area (Å²) in [5.41, 5.74) is 0.781. The molecule has 1 aromatic heterocycles. The van der Waals surface area contributed by atoms with E-state index in [9.17, 15) is 18.8 Å². The number of carbonyl (C=O) groups is 3. The summed E-state index contributed by atoms with van der Waals surface area (Å²) in [6, 6.07) is 5.01. The van der Waals surface area contributed by atoms with E-state index in [2.05, 4.69) is 27.4 Å². The van der Waals surface area contributed by atoms with Crippen molar-refractivity contribution in [3.05, 3.63) is 54.2 Å². The Morgan fingerprint density at radius 3 is 2.81 bits per heavy atom. The van der Waals surface area contributed by atoms with E-state index in [1.54, 1.807) is 19.1 Å². The maximum absolute atomic E-state index is 12.9. The van der Waals surface area contributed by atoms with Crippen LogP contribution >= 0.6 is 11.8 Å². The number of hydrogen-bond donors (Lipinski definition) is 2. The maximum atomic E-state index is 12.9. The number of nitrogens with one attached hydrogen (secondary N) is 2. The second-order valence-electron chi connectivity index (χ2n) is 6.94. The standard InChI is InChI=1S/C20H22FN5O4S/c1-3-8-26-18(28)15(12(2)23-19(26)29)9-17-24-25-20(30-17)31-11-16(27)22-10-13-4-6-14(21)7-5-13/h3-7,12,15H,1,8-11H2,2H3,(H,22,27)(H,23,29). The van der Waals surface area contributed by atoms with Gasteiger partial charge in [0.1, 0.15) is 5.82 Å². The van der Waals surface area contributed by atoms with E-state index in [1.165, 1.54) is 18.2 Å². The maximum Gasteiger partial charge on any atom is 0.324 e. The molecule has 0 spiro atoms. The number of thioether (sulfide) groups is 1. The normalized spacial score (nSPS) is 18.6. The quantitative estimate of drug-likeness (QED) is 0.445. The summed E-state index contributed by atoms with van der Waals surface area (Å²) in [5.74, 6) is -1.15. The van der Waals surface area contributed by atoms with Crippen LogP contribution in [0.1, 0.15) is 18.4 Å². The summed E-state index contributed by atoms with van der Waals surface area (Å²) < 4.78 is 18.4. The van der Waals surface area contributed by atoms with Gasteiger partial charge in [0.05, 0.1) is 11.7 Å². The van der Waals surface area contributed by atoms with Crippen LogP contribution in [0.4, 0.5) is 9.18 Å². The molecule has 1 fully saturated rings. The number of carbonyl (C=O) groups excluding carboxylic acids is 3. The van der Waals surface area contributed by atoms with Crippen LogP contribution in [0.3, 0.4) is 0 Å². The van der Waals surface area contributed by atoms with Gasteiger partial charge in [0.25, 0.3) is 5.22 Å². The molecule has 2 unspecified atom stereocenters. The van der Waals surface area contributed by atoms with Crippen molar-refractivity contribution >= 4 is 29.6 Å². The molecular weight excluding hydrogens is 425 g/mol. The molecule has 2 N–H and O–H groups in total. The van der Waals surface area contributed by atoms with Crippen molar-refractivity contribution < 1.29 is 23.2 Å². The van der Waals surface area contributed by atoms with E-state index in [0.717, 1.165) is 22.2 Å². The molecular formula is C20H22FN5O4S. The lowest BCUT2D eigenvalue weighted by Gasteiger charge is -2.34. The van der Waals surface area contributed by atoms with Crippen molar-refractivity contribution in [1.82, 2.24) is 25.7 Å². The van der Waals surface area contributed by atoms with Gasteiger partial charge >= 0.3 is 6.03 Å². The Bertz CT molecular complexity index is 965. The Morgan fingerprint density at radius 2 is 2.10 bits per heavy atom. The van der Waals surface area contributed by atoms with Crippen LogP contribution in [0.5, 0.6) is 0 Å². The highest BCUT2D eigenvalue weighted by atomic mass is 32.2. The van der Waals surface area contributed by atoms with Crippen LogP contribution < -0.4 is 10.6 Å². The fourth-order valence-corrected chi connectivity index (χ4v) is 3.61. The van der Waals surface area contributed by atoms with Crippen LogP contribution in [0.15, 0.2) is 46.6 Å². The average molecular weight is 447 g/mol. The third-order valence-electron chi connectivity index (χ3n) is 4.67. The van der Waals surface area contributed by atoms with Crippen molar-refractivity contribution in [1.29, 1.82) is 0 Å². The molecule has 4 amide bonds. The molecule has 0 bridgehead atoms. The number of urea groups is 1. The number of amides is 4. The Kier molecular flexibility index (Phi) is 7.40. The first-order valence-electron chi connectivity index (χ1n) is 9.56. The molecule has 2 heterocycles. The van der Waals surface area contributed by atoms with E-state index in [-0.39, 0.29) is 60.1 Å². The van der Waals surface area contributed by atoms with Crippen molar-refractivity contribution in [2.45, 2.75) is 31.2 Å². The molecule has 11 heteroatoms.